The largest absolute Gasteiger partial charge is 0.367 e. The highest BCUT2D eigenvalue weighted by molar-refractivity contribution is 5.89. The molecule has 0 atom stereocenters. The van der Waals surface area contributed by atoms with Gasteiger partial charge in [-0.15, -0.1) is 0 Å². The van der Waals surface area contributed by atoms with Crippen molar-refractivity contribution in [2.45, 2.75) is 44.6 Å². The third-order valence-corrected chi connectivity index (χ3v) is 3.71. The summed E-state index contributed by atoms with van der Waals surface area (Å²) in [5, 5.41) is 0. The number of ketones is 1. The zero-order chi connectivity index (χ0) is 13.9. The third-order valence-electron chi connectivity index (χ3n) is 3.71. The smallest absolute Gasteiger partial charge is 0.169 e. The highest BCUT2D eigenvalue weighted by Gasteiger charge is 2.41. The molecule has 1 aromatic carbocycles. The van der Waals surface area contributed by atoms with E-state index in [1.165, 1.54) is 12.1 Å². The van der Waals surface area contributed by atoms with Crippen LogP contribution in [-0.2, 0) is 16.0 Å². The summed E-state index contributed by atoms with van der Waals surface area (Å²) in [6.45, 7) is 2.32. The molecule has 0 spiro atoms. The number of carbonyl (C=O) groups excluding carboxylic acids is 1. The maximum absolute atomic E-state index is 13.6. The van der Waals surface area contributed by atoms with E-state index in [2.05, 4.69) is 0 Å². The van der Waals surface area contributed by atoms with Crippen LogP contribution in [0.4, 0.5) is 8.78 Å². The van der Waals surface area contributed by atoms with Crippen LogP contribution >= 0.6 is 0 Å². The second-order valence-electron chi connectivity index (χ2n) is 4.97. The van der Waals surface area contributed by atoms with E-state index in [4.69, 9.17) is 4.74 Å². The number of Topliss-reactive ketones (excluding diaryl/α,β-unsaturated/α-hetero) is 1. The van der Waals surface area contributed by atoms with Gasteiger partial charge in [-0.25, -0.2) is 8.78 Å². The van der Waals surface area contributed by atoms with E-state index in [0.29, 0.717) is 19.4 Å². The van der Waals surface area contributed by atoms with Gasteiger partial charge in [-0.3, -0.25) is 4.79 Å². The number of halogens is 2. The van der Waals surface area contributed by atoms with E-state index in [-0.39, 0.29) is 17.8 Å². The fourth-order valence-corrected chi connectivity index (χ4v) is 2.73. The van der Waals surface area contributed by atoms with Crippen molar-refractivity contribution in [3.8, 4) is 0 Å². The standard InChI is InChI=1S/C15H18F2O2/c1-2-19-15(7-3-4-8-15)14(18)9-11-5-6-12(16)10-13(11)17/h5-6,10H,2-4,7-9H2,1H3. The quantitative estimate of drug-likeness (QED) is 0.818. The molecule has 1 aliphatic rings. The summed E-state index contributed by atoms with van der Waals surface area (Å²) in [6, 6.07) is 3.31. The first-order valence-electron chi connectivity index (χ1n) is 6.68. The Kier molecular flexibility index (Phi) is 4.30. The fourth-order valence-electron chi connectivity index (χ4n) is 2.73. The van der Waals surface area contributed by atoms with Gasteiger partial charge < -0.3 is 4.74 Å². The van der Waals surface area contributed by atoms with Crippen LogP contribution in [0.3, 0.4) is 0 Å². The minimum Gasteiger partial charge on any atom is -0.367 e. The number of carbonyl (C=O) groups is 1. The molecule has 0 radical (unpaired) electrons. The molecule has 0 aliphatic heterocycles. The number of benzene rings is 1. The minimum atomic E-state index is -0.754. The van der Waals surface area contributed by atoms with Crippen LogP contribution in [0.1, 0.15) is 38.2 Å². The second kappa shape index (κ2) is 5.78. The Morgan fingerprint density at radius 1 is 1.32 bits per heavy atom. The Morgan fingerprint density at radius 2 is 2.00 bits per heavy atom. The first kappa shape index (κ1) is 14.1. The first-order valence-corrected chi connectivity index (χ1v) is 6.68. The molecule has 1 saturated carbocycles. The number of rotatable bonds is 5. The summed E-state index contributed by atoms with van der Waals surface area (Å²) in [5.41, 5.74) is -0.521. The van der Waals surface area contributed by atoms with Gasteiger partial charge in [0, 0.05) is 19.1 Å². The molecule has 1 aliphatic carbocycles. The summed E-state index contributed by atoms with van der Waals surface area (Å²) in [5.74, 6) is -1.40. The lowest BCUT2D eigenvalue weighted by atomic mass is 9.91. The SMILES string of the molecule is CCOC1(C(=O)Cc2ccc(F)cc2F)CCCC1. The van der Waals surface area contributed by atoms with Gasteiger partial charge in [0.05, 0.1) is 0 Å². The zero-order valence-electron chi connectivity index (χ0n) is 11.0. The van der Waals surface area contributed by atoms with Crippen molar-refractivity contribution in [2.24, 2.45) is 0 Å². The molecule has 0 amide bonds. The molecule has 19 heavy (non-hydrogen) atoms. The number of hydrogen-bond donors (Lipinski definition) is 0. The van der Waals surface area contributed by atoms with Crippen LogP contribution in [0, 0.1) is 11.6 Å². The van der Waals surface area contributed by atoms with Crippen LogP contribution in [0.2, 0.25) is 0 Å². The molecule has 4 heteroatoms. The Balaban J connectivity index is 2.15. The summed E-state index contributed by atoms with van der Waals surface area (Å²) >= 11 is 0. The van der Waals surface area contributed by atoms with Crippen LogP contribution in [0.25, 0.3) is 0 Å². The molecule has 2 nitrogen and oxygen atoms in total. The van der Waals surface area contributed by atoms with Crippen molar-refractivity contribution in [3.05, 3.63) is 35.4 Å². The summed E-state index contributed by atoms with van der Waals surface area (Å²) < 4.78 is 32.0. The Labute approximate surface area is 111 Å². The van der Waals surface area contributed by atoms with Gasteiger partial charge in [0.1, 0.15) is 17.2 Å². The molecule has 0 saturated heterocycles. The third kappa shape index (κ3) is 3.00. The van der Waals surface area contributed by atoms with E-state index in [1.807, 2.05) is 6.92 Å². The van der Waals surface area contributed by atoms with Crippen molar-refractivity contribution in [3.63, 3.8) is 0 Å². The topological polar surface area (TPSA) is 26.3 Å². The van der Waals surface area contributed by atoms with Gasteiger partial charge in [-0.1, -0.05) is 6.07 Å². The normalized spacial score (nSPS) is 17.6. The van der Waals surface area contributed by atoms with E-state index >= 15 is 0 Å². The molecule has 0 bridgehead atoms. The summed E-state index contributed by atoms with van der Waals surface area (Å²) in [7, 11) is 0. The molecule has 1 aromatic rings. The lowest BCUT2D eigenvalue weighted by Gasteiger charge is -2.27. The predicted octanol–water partition coefficient (Wildman–Crippen LogP) is 3.43. The van der Waals surface area contributed by atoms with E-state index < -0.39 is 17.2 Å². The van der Waals surface area contributed by atoms with Crippen LogP contribution < -0.4 is 0 Å². The highest BCUT2D eigenvalue weighted by atomic mass is 19.1. The van der Waals surface area contributed by atoms with Crippen LogP contribution in [-0.4, -0.2) is 18.0 Å². The average molecular weight is 268 g/mol. The Hall–Kier alpha value is -1.29. The van der Waals surface area contributed by atoms with E-state index in [1.54, 1.807) is 0 Å². The summed E-state index contributed by atoms with van der Waals surface area (Å²) in [6.07, 6.45) is 3.27. The van der Waals surface area contributed by atoms with Crippen molar-refractivity contribution in [1.82, 2.24) is 0 Å². The Morgan fingerprint density at radius 3 is 2.58 bits per heavy atom. The minimum absolute atomic E-state index is 0.0356. The molecular formula is C15H18F2O2. The highest BCUT2D eigenvalue weighted by Crippen LogP contribution is 2.35. The fraction of sp³-hybridized carbons (Fsp3) is 0.533. The molecule has 0 unspecified atom stereocenters. The second-order valence-corrected chi connectivity index (χ2v) is 4.97. The first-order chi connectivity index (χ1) is 9.07. The van der Waals surface area contributed by atoms with Gasteiger partial charge in [0.25, 0.3) is 0 Å². The Bertz CT molecular complexity index is 465. The molecule has 1 fully saturated rings. The van der Waals surface area contributed by atoms with Gasteiger partial charge >= 0.3 is 0 Å². The lowest BCUT2D eigenvalue weighted by molar-refractivity contribution is -0.142. The molecule has 2 rings (SSSR count). The molecular weight excluding hydrogens is 250 g/mol. The van der Waals surface area contributed by atoms with Gasteiger partial charge in [0.2, 0.25) is 0 Å². The van der Waals surface area contributed by atoms with Gasteiger partial charge in [-0.05, 0) is 44.2 Å². The number of ether oxygens (including phenoxy) is 1. The van der Waals surface area contributed by atoms with E-state index in [0.717, 1.165) is 18.9 Å². The predicted molar refractivity (Wildman–Crippen MR) is 67.9 cm³/mol. The van der Waals surface area contributed by atoms with Gasteiger partial charge in [0.15, 0.2) is 5.78 Å². The van der Waals surface area contributed by atoms with Gasteiger partial charge in [-0.2, -0.15) is 0 Å². The molecule has 0 N–H and O–H groups in total. The maximum atomic E-state index is 13.6. The van der Waals surface area contributed by atoms with Crippen molar-refractivity contribution >= 4 is 5.78 Å². The molecule has 104 valence electrons. The molecule has 0 aromatic heterocycles. The van der Waals surface area contributed by atoms with Crippen LogP contribution in [0.15, 0.2) is 18.2 Å². The lowest BCUT2D eigenvalue weighted by Crippen LogP contribution is -2.40. The van der Waals surface area contributed by atoms with Crippen molar-refractivity contribution in [2.75, 3.05) is 6.61 Å². The van der Waals surface area contributed by atoms with Crippen molar-refractivity contribution < 1.29 is 18.3 Å². The summed E-state index contributed by atoms with van der Waals surface area (Å²) in [4.78, 5) is 12.4. The zero-order valence-corrected chi connectivity index (χ0v) is 11.0. The van der Waals surface area contributed by atoms with Crippen molar-refractivity contribution in [1.29, 1.82) is 0 Å². The molecule has 0 heterocycles. The maximum Gasteiger partial charge on any atom is 0.169 e. The van der Waals surface area contributed by atoms with Crippen LogP contribution in [0.5, 0.6) is 0 Å². The average Bonchev–Trinajstić information content (AvgIpc) is 2.83. The van der Waals surface area contributed by atoms with E-state index in [9.17, 15) is 13.6 Å². The monoisotopic (exact) mass is 268 g/mol. The number of hydrogen-bond acceptors (Lipinski definition) is 2.